The van der Waals surface area contributed by atoms with Crippen LogP contribution < -0.4 is 0 Å². The number of rotatable bonds is 3. The maximum Gasteiger partial charge on any atom is 0.169 e. The number of carbonyl (C=O) groups excluding carboxylic acids is 1. The van der Waals surface area contributed by atoms with Crippen molar-refractivity contribution in [3.05, 3.63) is 78.1 Å². The van der Waals surface area contributed by atoms with Crippen LogP contribution in [-0.2, 0) is 6.42 Å². The van der Waals surface area contributed by atoms with Crippen molar-refractivity contribution in [2.24, 2.45) is 0 Å². The van der Waals surface area contributed by atoms with Gasteiger partial charge in [0.05, 0.1) is 0 Å². The molecule has 0 unspecified atom stereocenters. The van der Waals surface area contributed by atoms with Gasteiger partial charge in [-0.2, -0.15) is 0 Å². The number of pyridine rings is 1. The van der Waals surface area contributed by atoms with E-state index in [-0.39, 0.29) is 5.78 Å². The molecule has 2 nitrogen and oxygen atoms in total. The van der Waals surface area contributed by atoms with Gasteiger partial charge in [-0.25, -0.2) is 0 Å². The second-order valence-electron chi connectivity index (χ2n) is 4.49. The van der Waals surface area contributed by atoms with Crippen molar-refractivity contribution in [3.63, 3.8) is 0 Å². The lowest BCUT2D eigenvalue weighted by Gasteiger charge is -2.05. The standard InChI is InChI=1S/C17H13NO/c19-17(10-13-6-2-1-3-7-13)16-12-18-11-14-8-4-5-9-15(14)16/h1-9,11-12H,10H2. The van der Waals surface area contributed by atoms with Gasteiger partial charge in [0, 0.05) is 29.8 Å². The third-order valence-corrected chi connectivity index (χ3v) is 3.18. The smallest absolute Gasteiger partial charge is 0.169 e. The van der Waals surface area contributed by atoms with Gasteiger partial charge in [0.2, 0.25) is 0 Å². The van der Waals surface area contributed by atoms with E-state index in [4.69, 9.17) is 0 Å². The van der Waals surface area contributed by atoms with Crippen molar-refractivity contribution in [1.29, 1.82) is 0 Å². The van der Waals surface area contributed by atoms with Crippen LogP contribution in [0.25, 0.3) is 10.8 Å². The Kier molecular flexibility index (Phi) is 3.07. The molecule has 0 saturated heterocycles. The number of hydrogen-bond acceptors (Lipinski definition) is 2. The number of carbonyl (C=O) groups is 1. The minimum Gasteiger partial charge on any atom is -0.294 e. The number of fused-ring (bicyclic) bond motifs is 1. The molecule has 0 aliphatic heterocycles. The Balaban J connectivity index is 1.98. The average Bonchev–Trinajstić information content (AvgIpc) is 2.47. The number of nitrogens with zero attached hydrogens (tertiary/aromatic N) is 1. The molecular weight excluding hydrogens is 234 g/mol. The minimum atomic E-state index is 0.107. The molecule has 0 aliphatic rings. The zero-order valence-corrected chi connectivity index (χ0v) is 10.4. The highest BCUT2D eigenvalue weighted by Crippen LogP contribution is 2.18. The summed E-state index contributed by atoms with van der Waals surface area (Å²) in [6.45, 7) is 0. The lowest BCUT2D eigenvalue weighted by atomic mass is 10.00. The fourth-order valence-electron chi connectivity index (χ4n) is 2.22. The van der Waals surface area contributed by atoms with E-state index < -0.39 is 0 Å². The Labute approximate surface area is 111 Å². The summed E-state index contributed by atoms with van der Waals surface area (Å²) in [5.74, 6) is 0.107. The Hall–Kier alpha value is -2.48. The second-order valence-corrected chi connectivity index (χ2v) is 4.49. The molecule has 0 radical (unpaired) electrons. The summed E-state index contributed by atoms with van der Waals surface area (Å²) in [7, 11) is 0. The van der Waals surface area contributed by atoms with Gasteiger partial charge in [-0.1, -0.05) is 54.6 Å². The number of ketones is 1. The topological polar surface area (TPSA) is 30.0 Å². The lowest BCUT2D eigenvalue weighted by molar-refractivity contribution is 0.0994. The van der Waals surface area contributed by atoms with Crippen LogP contribution in [0.15, 0.2) is 67.0 Å². The van der Waals surface area contributed by atoms with E-state index >= 15 is 0 Å². The minimum absolute atomic E-state index is 0.107. The van der Waals surface area contributed by atoms with E-state index in [2.05, 4.69) is 4.98 Å². The van der Waals surface area contributed by atoms with E-state index in [0.717, 1.165) is 16.3 Å². The highest BCUT2D eigenvalue weighted by molar-refractivity contribution is 6.08. The molecule has 0 N–H and O–H groups in total. The van der Waals surface area contributed by atoms with Crippen molar-refractivity contribution >= 4 is 16.6 Å². The Morgan fingerprint density at radius 1 is 0.895 bits per heavy atom. The van der Waals surface area contributed by atoms with Crippen molar-refractivity contribution in [1.82, 2.24) is 4.98 Å². The van der Waals surface area contributed by atoms with Crippen LogP contribution in [0.1, 0.15) is 15.9 Å². The third-order valence-electron chi connectivity index (χ3n) is 3.18. The van der Waals surface area contributed by atoms with Crippen LogP contribution in [0.2, 0.25) is 0 Å². The molecule has 92 valence electrons. The first-order valence-electron chi connectivity index (χ1n) is 6.24. The maximum absolute atomic E-state index is 12.4. The summed E-state index contributed by atoms with van der Waals surface area (Å²) in [5, 5.41) is 1.97. The van der Waals surface area contributed by atoms with Crippen LogP contribution in [-0.4, -0.2) is 10.8 Å². The Morgan fingerprint density at radius 3 is 2.47 bits per heavy atom. The van der Waals surface area contributed by atoms with Crippen LogP contribution in [0.3, 0.4) is 0 Å². The number of Topliss-reactive ketones (excluding diaryl/α,β-unsaturated/α-hetero) is 1. The molecule has 0 atom stereocenters. The van der Waals surface area contributed by atoms with Crippen LogP contribution in [0.4, 0.5) is 0 Å². The van der Waals surface area contributed by atoms with Gasteiger partial charge in [-0.15, -0.1) is 0 Å². The fraction of sp³-hybridized carbons (Fsp3) is 0.0588. The van der Waals surface area contributed by atoms with Gasteiger partial charge >= 0.3 is 0 Å². The molecule has 19 heavy (non-hydrogen) atoms. The number of benzene rings is 2. The molecule has 0 saturated carbocycles. The Bertz CT molecular complexity index is 714. The molecule has 2 heteroatoms. The van der Waals surface area contributed by atoms with Gasteiger partial charge in [-0.3, -0.25) is 9.78 Å². The molecule has 0 spiro atoms. The summed E-state index contributed by atoms with van der Waals surface area (Å²) < 4.78 is 0. The highest BCUT2D eigenvalue weighted by Gasteiger charge is 2.10. The normalized spacial score (nSPS) is 10.5. The molecule has 1 aromatic heterocycles. The van der Waals surface area contributed by atoms with Crippen molar-refractivity contribution < 1.29 is 4.79 Å². The molecule has 0 fully saturated rings. The fourth-order valence-corrected chi connectivity index (χ4v) is 2.22. The molecule has 3 rings (SSSR count). The third kappa shape index (κ3) is 2.38. The molecular formula is C17H13NO. The van der Waals surface area contributed by atoms with Crippen molar-refractivity contribution in [2.75, 3.05) is 0 Å². The molecule has 0 aliphatic carbocycles. The van der Waals surface area contributed by atoms with Gasteiger partial charge in [0.15, 0.2) is 5.78 Å². The largest absolute Gasteiger partial charge is 0.294 e. The molecule has 3 aromatic rings. The summed E-state index contributed by atoms with van der Waals surface area (Å²) in [6, 6.07) is 17.6. The van der Waals surface area contributed by atoms with Crippen LogP contribution in [0.5, 0.6) is 0 Å². The van der Waals surface area contributed by atoms with E-state index in [1.54, 1.807) is 12.4 Å². The van der Waals surface area contributed by atoms with Gasteiger partial charge in [0.1, 0.15) is 0 Å². The first-order valence-corrected chi connectivity index (χ1v) is 6.24. The van der Waals surface area contributed by atoms with E-state index in [9.17, 15) is 4.79 Å². The summed E-state index contributed by atoms with van der Waals surface area (Å²) in [4.78, 5) is 16.5. The first-order chi connectivity index (χ1) is 9.34. The molecule has 2 aromatic carbocycles. The predicted molar refractivity (Wildman–Crippen MR) is 76.2 cm³/mol. The summed E-state index contributed by atoms with van der Waals surface area (Å²) in [6.07, 6.45) is 3.86. The highest BCUT2D eigenvalue weighted by atomic mass is 16.1. The zero-order chi connectivity index (χ0) is 13.1. The van der Waals surface area contributed by atoms with Gasteiger partial charge in [0.25, 0.3) is 0 Å². The quantitative estimate of drug-likeness (QED) is 0.661. The van der Waals surface area contributed by atoms with Crippen molar-refractivity contribution in [3.8, 4) is 0 Å². The van der Waals surface area contributed by atoms with Gasteiger partial charge < -0.3 is 0 Å². The van der Waals surface area contributed by atoms with Crippen LogP contribution in [0, 0.1) is 0 Å². The van der Waals surface area contributed by atoms with E-state index in [0.29, 0.717) is 12.0 Å². The van der Waals surface area contributed by atoms with E-state index in [1.165, 1.54) is 0 Å². The Morgan fingerprint density at radius 2 is 1.63 bits per heavy atom. The average molecular weight is 247 g/mol. The number of hydrogen-bond donors (Lipinski definition) is 0. The predicted octanol–water partition coefficient (Wildman–Crippen LogP) is 3.66. The summed E-state index contributed by atoms with van der Waals surface area (Å²) >= 11 is 0. The molecule has 0 amide bonds. The van der Waals surface area contributed by atoms with Crippen molar-refractivity contribution in [2.45, 2.75) is 6.42 Å². The van der Waals surface area contributed by atoms with E-state index in [1.807, 2.05) is 54.6 Å². The molecule has 0 bridgehead atoms. The monoisotopic (exact) mass is 247 g/mol. The lowest BCUT2D eigenvalue weighted by Crippen LogP contribution is -2.04. The summed E-state index contributed by atoms with van der Waals surface area (Å²) in [5.41, 5.74) is 1.72. The first kappa shape index (κ1) is 11.6. The van der Waals surface area contributed by atoms with Crippen LogP contribution >= 0.6 is 0 Å². The SMILES string of the molecule is O=C(Cc1ccccc1)c1cncc2ccccc12. The second kappa shape index (κ2) is 5.02. The molecule has 1 heterocycles. The maximum atomic E-state index is 12.4. The zero-order valence-electron chi connectivity index (χ0n) is 10.4. The number of aromatic nitrogens is 1. The van der Waals surface area contributed by atoms with Gasteiger partial charge in [-0.05, 0) is 10.9 Å².